The van der Waals surface area contributed by atoms with Crippen LogP contribution >= 0.6 is 0 Å². The van der Waals surface area contributed by atoms with Gasteiger partial charge in [-0.2, -0.15) is 0 Å². The van der Waals surface area contributed by atoms with Crippen molar-refractivity contribution in [2.24, 2.45) is 0 Å². The Labute approximate surface area is 231 Å². The van der Waals surface area contributed by atoms with E-state index in [1.54, 1.807) is 49.4 Å². The van der Waals surface area contributed by atoms with Crippen LogP contribution in [0.15, 0.2) is 89.8 Å². The van der Waals surface area contributed by atoms with Crippen LogP contribution in [-0.2, 0) is 26.0 Å². The van der Waals surface area contributed by atoms with Crippen molar-refractivity contribution < 1.29 is 22.7 Å². The molecule has 0 bridgehead atoms. The summed E-state index contributed by atoms with van der Waals surface area (Å²) in [6.45, 7) is 4.03. The van der Waals surface area contributed by atoms with Crippen molar-refractivity contribution in [3.05, 3.63) is 90.5 Å². The van der Waals surface area contributed by atoms with Gasteiger partial charge in [-0.25, -0.2) is 8.42 Å². The van der Waals surface area contributed by atoms with Crippen LogP contribution < -0.4 is 14.4 Å². The number of methoxy groups -OCH3 is 1. The van der Waals surface area contributed by atoms with Crippen molar-refractivity contribution in [1.29, 1.82) is 0 Å². The van der Waals surface area contributed by atoms with Gasteiger partial charge >= 0.3 is 0 Å². The van der Waals surface area contributed by atoms with Crippen LogP contribution in [0.1, 0.15) is 32.3 Å². The average Bonchev–Trinajstić information content (AvgIpc) is 2.96. The zero-order valence-corrected chi connectivity index (χ0v) is 23.6. The number of para-hydroxylation sites is 1. The number of rotatable bonds is 14. The molecule has 0 unspecified atom stereocenters. The third-order valence-corrected chi connectivity index (χ3v) is 8.24. The first-order valence-corrected chi connectivity index (χ1v) is 14.5. The summed E-state index contributed by atoms with van der Waals surface area (Å²) in [5, 5.41) is 2.89. The maximum absolute atomic E-state index is 13.8. The minimum absolute atomic E-state index is 0.0288. The number of nitrogens with one attached hydrogen (secondary N) is 1. The number of benzene rings is 3. The van der Waals surface area contributed by atoms with Crippen molar-refractivity contribution in [1.82, 2.24) is 10.2 Å². The Morgan fingerprint density at radius 3 is 2.13 bits per heavy atom. The van der Waals surface area contributed by atoms with Gasteiger partial charge in [0.1, 0.15) is 18.3 Å². The van der Waals surface area contributed by atoms with Gasteiger partial charge < -0.3 is 15.0 Å². The standard InChI is InChI=1S/C30H37N3O5S/c1-4-5-21-31-30(35)24(2)32(22-20-25-12-8-6-9-13-25)29(34)23-33(26-14-10-7-11-15-26)39(36,37)28-18-16-27(38-3)17-19-28/h6-19,24H,4-5,20-23H2,1-3H3,(H,31,35)/t24-/m1/s1. The Kier molecular flexibility index (Phi) is 10.9. The van der Waals surface area contributed by atoms with E-state index in [2.05, 4.69) is 5.32 Å². The van der Waals surface area contributed by atoms with Crippen LogP contribution in [0.4, 0.5) is 5.69 Å². The number of nitrogens with zero attached hydrogens (tertiary/aromatic N) is 2. The lowest BCUT2D eigenvalue weighted by molar-refractivity contribution is -0.138. The summed E-state index contributed by atoms with van der Waals surface area (Å²) in [6, 6.07) is 23.4. The highest BCUT2D eigenvalue weighted by molar-refractivity contribution is 7.92. The molecular formula is C30H37N3O5S. The fourth-order valence-electron chi connectivity index (χ4n) is 4.10. The molecule has 3 aromatic rings. The molecule has 0 aliphatic carbocycles. The monoisotopic (exact) mass is 551 g/mol. The number of anilines is 1. The van der Waals surface area contributed by atoms with E-state index < -0.39 is 28.5 Å². The number of ether oxygens (including phenoxy) is 1. The number of amides is 2. The zero-order chi connectivity index (χ0) is 28.3. The molecule has 0 aromatic heterocycles. The van der Waals surface area contributed by atoms with E-state index in [0.29, 0.717) is 24.4 Å². The highest BCUT2D eigenvalue weighted by atomic mass is 32.2. The van der Waals surface area contributed by atoms with Crippen molar-refractivity contribution >= 4 is 27.5 Å². The van der Waals surface area contributed by atoms with Crippen LogP contribution in [0.5, 0.6) is 5.75 Å². The first-order chi connectivity index (χ1) is 18.8. The van der Waals surface area contributed by atoms with Gasteiger partial charge in [0.15, 0.2) is 0 Å². The number of carbonyl (C=O) groups excluding carboxylic acids is 2. The van der Waals surface area contributed by atoms with E-state index in [1.807, 2.05) is 37.3 Å². The van der Waals surface area contributed by atoms with Gasteiger partial charge in [0.25, 0.3) is 10.0 Å². The minimum Gasteiger partial charge on any atom is -0.497 e. The number of hydrogen-bond acceptors (Lipinski definition) is 5. The molecule has 1 N–H and O–H groups in total. The number of sulfonamides is 1. The average molecular weight is 552 g/mol. The smallest absolute Gasteiger partial charge is 0.264 e. The molecule has 208 valence electrons. The summed E-state index contributed by atoms with van der Waals surface area (Å²) in [7, 11) is -2.61. The predicted molar refractivity (Wildman–Crippen MR) is 153 cm³/mol. The number of carbonyl (C=O) groups is 2. The van der Waals surface area contributed by atoms with Gasteiger partial charge in [-0.05, 0) is 61.7 Å². The minimum atomic E-state index is -4.11. The second-order valence-electron chi connectivity index (χ2n) is 9.17. The molecule has 0 heterocycles. The number of unbranched alkanes of at least 4 members (excludes halogenated alkanes) is 1. The van der Waals surface area contributed by atoms with Crippen molar-refractivity contribution in [3.8, 4) is 5.75 Å². The Balaban J connectivity index is 1.92. The van der Waals surface area contributed by atoms with E-state index >= 15 is 0 Å². The third kappa shape index (κ3) is 8.07. The maximum Gasteiger partial charge on any atom is 0.264 e. The summed E-state index contributed by atoms with van der Waals surface area (Å²) < 4.78 is 33.8. The molecular weight excluding hydrogens is 514 g/mol. The molecule has 0 fully saturated rings. The third-order valence-electron chi connectivity index (χ3n) is 6.45. The molecule has 3 rings (SSSR count). The maximum atomic E-state index is 13.8. The second kappa shape index (κ2) is 14.3. The Morgan fingerprint density at radius 1 is 0.923 bits per heavy atom. The molecule has 0 aliphatic heterocycles. The normalized spacial score (nSPS) is 11.9. The van der Waals surface area contributed by atoms with Gasteiger partial charge in [-0.3, -0.25) is 13.9 Å². The van der Waals surface area contributed by atoms with Crippen molar-refractivity contribution in [2.75, 3.05) is 31.0 Å². The topological polar surface area (TPSA) is 96.0 Å². The zero-order valence-electron chi connectivity index (χ0n) is 22.7. The fourth-order valence-corrected chi connectivity index (χ4v) is 5.52. The summed E-state index contributed by atoms with van der Waals surface area (Å²) in [5.74, 6) is -0.217. The van der Waals surface area contributed by atoms with Crippen LogP contribution in [0.3, 0.4) is 0 Å². The van der Waals surface area contributed by atoms with Gasteiger partial charge in [-0.15, -0.1) is 0 Å². The van der Waals surface area contributed by atoms with Crippen LogP contribution in [0.2, 0.25) is 0 Å². The van der Waals surface area contributed by atoms with E-state index in [1.165, 1.54) is 24.1 Å². The number of hydrogen-bond donors (Lipinski definition) is 1. The van der Waals surface area contributed by atoms with Gasteiger partial charge in [-0.1, -0.05) is 61.9 Å². The molecule has 8 nitrogen and oxygen atoms in total. The summed E-state index contributed by atoms with van der Waals surface area (Å²) in [6.07, 6.45) is 2.29. The van der Waals surface area contributed by atoms with E-state index in [4.69, 9.17) is 4.74 Å². The molecule has 9 heteroatoms. The van der Waals surface area contributed by atoms with Crippen LogP contribution in [0, 0.1) is 0 Å². The Hall–Kier alpha value is -3.85. The molecule has 0 saturated carbocycles. The first kappa shape index (κ1) is 29.7. The molecule has 39 heavy (non-hydrogen) atoms. The SMILES string of the molecule is CCCCNC(=O)[C@@H](C)N(CCc1ccccc1)C(=O)CN(c1ccccc1)S(=O)(=O)c1ccc(OC)cc1. The van der Waals surface area contributed by atoms with Gasteiger partial charge in [0.05, 0.1) is 17.7 Å². The molecule has 0 saturated heterocycles. The fraction of sp³-hybridized carbons (Fsp3) is 0.333. The van der Waals surface area contributed by atoms with Crippen LogP contribution in [0.25, 0.3) is 0 Å². The lowest BCUT2D eigenvalue weighted by Crippen LogP contribution is -2.52. The lowest BCUT2D eigenvalue weighted by Gasteiger charge is -2.32. The Bertz CT molecular complexity index is 1300. The Morgan fingerprint density at radius 2 is 1.54 bits per heavy atom. The first-order valence-electron chi connectivity index (χ1n) is 13.1. The largest absolute Gasteiger partial charge is 0.497 e. The second-order valence-corrected chi connectivity index (χ2v) is 11.0. The summed E-state index contributed by atoms with van der Waals surface area (Å²) in [5.41, 5.74) is 1.37. The van der Waals surface area contributed by atoms with Crippen molar-refractivity contribution in [3.63, 3.8) is 0 Å². The molecule has 0 aliphatic rings. The summed E-state index contributed by atoms with van der Waals surface area (Å²) >= 11 is 0. The van der Waals surface area contributed by atoms with Gasteiger partial charge in [0, 0.05) is 13.1 Å². The molecule has 0 spiro atoms. The lowest BCUT2D eigenvalue weighted by atomic mass is 10.1. The van der Waals surface area contributed by atoms with Crippen molar-refractivity contribution in [2.45, 2.75) is 44.0 Å². The highest BCUT2D eigenvalue weighted by Crippen LogP contribution is 2.25. The van der Waals surface area contributed by atoms with Crippen LogP contribution in [-0.4, -0.2) is 57.9 Å². The molecule has 0 radical (unpaired) electrons. The molecule has 2 amide bonds. The highest BCUT2D eigenvalue weighted by Gasteiger charge is 2.32. The predicted octanol–water partition coefficient (Wildman–Crippen LogP) is 4.27. The molecule has 1 atom stereocenters. The van der Waals surface area contributed by atoms with E-state index in [0.717, 1.165) is 22.7 Å². The van der Waals surface area contributed by atoms with Gasteiger partial charge in [0.2, 0.25) is 11.8 Å². The summed E-state index contributed by atoms with van der Waals surface area (Å²) in [4.78, 5) is 28.3. The molecule has 3 aromatic carbocycles. The quantitative estimate of drug-likeness (QED) is 0.302. The van der Waals surface area contributed by atoms with E-state index in [-0.39, 0.29) is 17.3 Å². The van der Waals surface area contributed by atoms with E-state index in [9.17, 15) is 18.0 Å².